The quantitative estimate of drug-likeness (QED) is 0.347. The van der Waals surface area contributed by atoms with Crippen LogP contribution in [0.5, 0.6) is 5.75 Å². The highest BCUT2D eigenvalue weighted by molar-refractivity contribution is 7.14. The van der Waals surface area contributed by atoms with Crippen molar-refractivity contribution in [2.75, 3.05) is 18.6 Å². The van der Waals surface area contributed by atoms with Crippen LogP contribution >= 0.6 is 11.3 Å². The van der Waals surface area contributed by atoms with Crippen molar-refractivity contribution in [3.8, 4) is 17.0 Å². The highest BCUT2D eigenvalue weighted by Crippen LogP contribution is 2.37. The van der Waals surface area contributed by atoms with E-state index in [0.29, 0.717) is 29.5 Å². The standard InChI is InChI=1S/C26H24FN3O2S/c1-3-28-25(31)19-14-12-18(13-15-19)16-30(23-10-6-5-9-21(23)27)26-29-22(17-33-26)20-8-4-7-11-24(20)32-2/h4-15,17H,3,16H2,1-2H3,(H,28,31). The fourth-order valence-corrected chi connectivity index (χ4v) is 4.34. The molecule has 33 heavy (non-hydrogen) atoms. The largest absolute Gasteiger partial charge is 0.496 e. The van der Waals surface area contributed by atoms with Gasteiger partial charge in [-0.3, -0.25) is 4.79 Å². The number of nitrogens with zero attached hydrogens (tertiary/aromatic N) is 2. The van der Waals surface area contributed by atoms with Crippen molar-refractivity contribution in [2.45, 2.75) is 13.5 Å². The number of carbonyl (C=O) groups excluding carboxylic acids is 1. The molecule has 1 N–H and O–H groups in total. The SMILES string of the molecule is CCNC(=O)c1ccc(CN(c2nc(-c3ccccc3OC)cs2)c2ccccc2F)cc1. The van der Waals surface area contributed by atoms with Crippen molar-refractivity contribution in [3.05, 3.63) is 95.1 Å². The Labute approximate surface area is 196 Å². The van der Waals surface area contributed by atoms with E-state index in [4.69, 9.17) is 9.72 Å². The molecule has 0 aliphatic heterocycles. The molecule has 4 aromatic rings. The van der Waals surface area contributed by atoms with Gasteiger partial charge >= 0.3 is 0 Å². The third-order valence-corrected chi connectivity index (χ3v) is 6.01. The first-order valence-electron chi connectivity index (χ1n) is 10.6. The smallest absolute Gasteiger partial charge is 0.251 e. The van der Waals surface area contributed by atoms with E-state index in [1.165, 1.54) is 17.4 Å². The minimum absolute atomic E-state index is 0.114. The summed E-state index contributed by atoms with van der Waals surface area (Å²) >= 11 is 1.44. The predicted octanol–water partition coefficient (Wildman–Crippen LogP) is 6.05. The lowest BCUT2D eigenvalue weighted by Crippen LogP contribution is -2.22. The Morgan fingerprint density at radius 1 is 1.06 bits per heavy atom. The predicted molar refractivity (Wildman–Crippen MR) is 131 cm³/mol. The fraction of sp³-hybridized carbons (Fsp3) is 0.154. The molecule has 3 aromatic carbocycles. The third-order valence-electron chi connectivity index (χ3n) is 5.14. The average molecular weight is 462 g/mol. The number of thiazole rings is 1. The number of aromatic nitrogens is 1. The second-order valence-corrected chi connectivity index (χ2v) is 8.15. The number of para-hydroxylation sites is 2. The number of anilines is 2. The maximum atomic E-state index is 14.8. The zero-order valence-electron chi connectivity index (χ0n) is 18.4. The molecule has 168 valence electrons. The van der Waals surface area contributed by atoms with E-state index in [1.54, 1.807) is 37.4 Å². The third kappa shape index (κ3) is 5.04. The average Bonchev–Trinajstić information content (AvgIpc) is 3.33. The van der Waals surface area contributed by atoms with Crippen molar-refractivity contribution in [1.82, 2.24) is 10.3 Å². The van der Waals surface area contributed by atoms with Crippen LogP contribution in [0, 0.1) is 5.82 Å². The molecule has 0 aliphatic rings. The van der Waals surface area contributed by atoms with E-state index in [2.05, 4.69) is 5.32 Å². The van der Waals surface area contributed by atoms with E-state index in [9.17, 15) is 9.18 Å². The number of rotatable bonds is 8. The van der Waals surface area contributed by atoms with Crippen molar-refractivity contribution >= 4 is 28.1 Å². The molecule has 5 nitrogen and oxygen atoms in total. The van der Waals surface area contributed by atoms with E-state index in [0.717, 1.165) is 22.6 Å². The number of hydrogen-bond acceptors (Lipinski definition) is 5. The molecule has 0 fully saturated rings. The number of amides is 1. The maximum absolute atomic E-state index is 14.8. The zero-order valence-corrected chi connectivity index (χ0v) is 19.2. The molecule has 0 saturated carbocycles. The van der Waals surface area contributed by atoms with Crippen molar-refractivity contribution in [2.24, 2.45) is 0 Å². The van der Waals surface area contributed by atoms with Gasteiger partial charge < -0.3 is 15.0 Å². The summed E-state index contributed by atoms with van der Waals surface area (Å²) in [6.07, 6.45) is 0. The van der Waals surface area contributed by atoms with Gasteiger partial charge in [-0.05, 0) is 48.9 Å². The van der Waals surface area contributed by atoms with Crippen LogP contribution in [0.2, 0.25) is 0 Å². The van der Waals surface area contributed by atoms with Crippen LogP contribution in [0.1, 0.15) is 22.8 Å². The molecule has 1 aromatic heterocycles. The number of benzene rings is 3. The summed E-state index contributed by atoms with van der Waals surface area (Å²) in [5.74, 6) is 0.287. The Morgan fingerprint density at radius 2 is 1.79 bits per heavy atom. The number of nitrogens with one attached hydrogen (secondary N) is 1. The van der Waals surface area contributed by atoms with Crippen molar-refractivity contribution < 1.29 is 13.9 Å². The van der Waals surface area contributed by atoms with Crippen LogP contribution in [0.3, 0.4) is 0 Å². The molecule has 0 aliphatic carbocycles. The van der Waals surface area contributed by atoms with Gasteiger partial charge in [0.15, 0.2) is 5.13 Å². The molecular formula is C26H24FN3O2S. The van der Waals surface area contributed by atoms with Crippen LogP contribution in [0.4, 0.5) is 15.2 Å². The summed E-state index contributed by atoms with van der Waals surface area (Å²) in [5, 5.41) is 5.40. The summed E-state index contributed by atoms with van der Waals surface area (Å²) in [6, 6.07) is 21.7. The van der Waals surface area contributed by atoms with E-state index in [-0.39, 0.29) is 11.7 Å². The van der Waals surface area contributed by atoms with Gasteiger partial charge in [0, 0.05) is 23.1 Å². The molecule has 1 heterocycles. The topological polar surface area (TPSA) is 54.5 Å². The molecule has 0 saturated heterocycles. The summed E-state index contributed by atoms with van der Waals surface area (Å²) in [5.41, 5.74) is 3.60. The van der Waals surface area contributed by atoms with Crippen LogP contribution in [-0.4, -0.2) is 24.5 Å². The summed E-state index contributed by atoms with van der Waals surface area (Å²) < 4.78 is 20.3. The van der Waals surface area contributed by atoms with Crippen LogP contribution in [-0.2, 0) is 6.54 Å². The fourth-order valence-electron chi connectivity index (χ4n) is 3.50. The van der Waals surface area contributed by atoms with E-state index in [1.807, 2.05) is 53.6 Å². The first-order valence-corrected chi connectivity index (χ1v) is 11.5. The van der Waals surface area contributed by atoms with Crippen LogP contribution in [0.25, 0.3) is 11.3 Å². The van der Waals surface area contributed by atoms with Crippen LogP contribution in [0.15, 0.2) is 78.2 Å². The zero-order chi connectivity index (χ0) is 23.2. The second kappa shape index (κ2) is 10.3. The van der Waals surface area contributed by atoms with Gasteiger partial charge in [-0.2, -0.15) is 0 Å². The highest BCUT2D eigenvalue weighted by Gasteiger charge is 2.19. The summed E-state index contributed by atoms with van der Waals surface area (Å²) in [6.45, 7) is 2.85. The van der Waals surface area contributed by atoms with Gasteiger partial charge in [0.2, 0.25) is 0 Å². The van der Waals surface area contributed by atoms with Crippen LogP contribution < -0.4 is 15.0 Å². The van der Waals surface area contributed by atoms with E-state index < -0.39 is 0 Å². The summed E-state index contributed by atoms with van der Waals surface area (Å²) in [4.78, 5) is 18.7. The van der Waals surface area contributed by atoms with Crippen molar-refractivity contribution in [3.63, 3.8) is 0 Å². The minimum Gasteiger partial charge on any atom is -0.496 e. The van der Waals surface area contributed by atoms with Gasteiger partial charge in [0.25, 0.3) is 5.91 Å². The Hall–Kier alpha value is -3.71. The Kier molecular flexibility index (Phi) is 7.00. The molecule has 1 amide bonds. The Bertz CT molecular complexity index is 1240. The number of methoxy groups -OCH3 is 1. The van der Waals surface area contributed by atoms with E-state index >= 15 is 0 Å². The number of ether oxygens (including phenoxy) is 1. The molecule has 0 bridgehead atoms. The number of carbonyl (C=O) groups is 1. The molecular weight excluding hydrogens is 437 g/mol. The minimum atomic E-state index is -0.328. The van der Waals surface area contributed by atoms with Gasteiger partial charge in [-0.1, -0.05) is 36.4 Å². The summed E-state index contributed by atoms with van der Waals surface area (Å²) in [7, 11) is 1.63. The van der Waals surface area contributed by atoms with Gasteiger partial charge in [0.1, 0.15) is 11.6 Å². The van der Waals surface area contributed by atoms with Gasteiger partial charge in [-0.25, -0.2) is 9.37 Å². The molecule has 7 heteroatoms. The molecule has 0 unspecified atom stereocenters. The molecule has 4 rings (SSSR count). The van der Waals surface area contributed by atoms with Crippen molar-refractivity contribution in [1.29, 1.82) is 0 Å². The number of hydrogen-bond donors (Lipinski definition) is 1. The lowest BCUT2D eigenvalue weighted by atomic mass is 10.1. The first kappa shape index (κ1) is 22.5. The maximum Gasteiger partial charge on any atom is 0.251 e. The monoisotopic (exact) mass is 461 g/mol. The molecule has 0 radical (unpaired) electrons. The number of halogens is 1. The van der Waals surface area contributed by atoms with Gasteiger partial charge in [0.05, 0.1) is 25.0 Å². The normalized spacial score (nSPS) is 10.6. The Balaban J connectivity index is 1.68. The Morgan fingerprint density at radius 3 is 2.52 bits per heavy atom. The lowest BCUT2D eigenvalue weighted by Gasteiger charge is -2.23. The van der Waals surface area contributed by atoms with Gasteiger partial charge in [-0.15, -0.1) is 11.3 Å². The lowest BCUT2D eigenvalue weighted by molar-refractivity contribution is 0.0956. The second-order valence-electron chi connectivity index (χ2n) is 7.31. The first-order chi connectivity index (χ1) is 16.1. The highest BCUT2D eigenvalue weighted by atomic mass is 32.1. The molecule has 0 spiro atoms. The molecule has 0 atom stereocenters.